The summed E-state index contributed by atoms with van der Waals surface area (Å²) in [5.41, 5.74) is 0. The molecule has 0 saturated heterocycles. The summed E-state index contributed by atoms with van der Waals surface area (Å²) in [7, 11) is 1.66. The molecule has 0 unspecified atom stereocenters. The van der Waals surface area contributed by atoms with Gasteiger partial charge in [0.15, 0.2) is 0 Å². The van der Waals surface area contributed by atoms with Crippen LogP contribution in [0.4, 0.5) is 0 Å². The Labute approximate surface area is 161 Å². The van der Waals surface area contributed by atoms with Crippen LogP contribution in [0.25, 0.3) is 0 Å². The van der Waals surface area contributed by atoms with Crippen LogP contribution in [0.1, 0.15) is 84.0 Å². The highest BCUT2D eigenvalue weighted by Crippen LogP contribution is 2.53. The average Bonchev–Trinajstić information content (AvgIpc) is 2.69. The van der Waals surface area contributed by atoms with Crippen molar-refractivity contribution >= 4 is 0 Å². The molecule has 0 aromatic heterocycles. The molecule has 146 valence electrons. The van der Waals surface area contributed by atoms with Crippen molar-refractivity contribution in [3.05, 3.63) is 30.3 Å². The molecule has 0 spiro atoms. The number of ether oxygens (including phenoxy) is 1. The molecule has 5 saturated carbocycles. The summed E-state index contributed by atoms with van der Waals surface area (Å²) in [4.78, 5) is 0. The summed E-state index contributed by atoms with van der Waals surface area (Å²) in [6, 6.07) is 9.68. The van der Waals surface area contributed by atoms with E-state index >= 15 is 0 Å². The molecule has 0 heterocycles. The lowest BCUT2D eigenvalue weighted by Gasteiger charge is -2.49. The van der Waals surface area contributed by atoms with Gasteiger partial charge in [-0.15, -0.1) is 0 Å². The number of rotatable bonds is 2. The lowest BCUT2D eigenvalue weighted by molar-refractivity contribution is 0.0198. The molecule has 0 atom stereocenters. The third kappa shape index (κ3) is 6.03. The van der Waals surface area contributed by atoms with Crippen LogP contribution in [-0.4, -0.2) is 7.11 Å². The van der Waals surface area contributed by atoms with Gasteiger partial charge in [0, 0.05) is 0 Å². The molecular weight excluding hydrogens is 316 g/mol. The van der Waals surface area contributed by atoms with Gasteiger partial charge in [-0.1, -0.05) is 63.6 Å². The van der Waals surface area contributed by atoms with E-state index in [1.165, 1.54) is 62.2 Å². The van der Waals surface area contributed by atoms with Gasteiger partial charge in [0.1, 0.15) is 5.75 Å². The molecule has 0 radical (unpaired) electrons. The van der Waals surface area contributed by atoms with Crippen LogP contribution in [0.15, 0.2) is 30.3 Å². The Kier molecular flexibility index (Phi) is 7.89. The Morgan fingerprint density at radius 1 is 0.731 bits per heavy atom. The number of hydrogen-bond acceptors (Lipinski definition) is 1. The Bertz CT molecular complexity index is 432. The highest BCUT2D eigenvalue weighted by atomic mass is 16.5. The SMILES string of the molecule is C1C2CC3CC1CC(C2)C3.CCC1CCCCC1.COc1ccccc1. The number of benzene rings is 1. The van der Waals surface area contributed by atoms with Gasteiger partial charge in [-0.2, -0.15) is 0 Å². The van der Waals surface area contributed by atoms with Crippen LogP contribution >= 0.6 is 0 Å². The summed E-state index contributed by atoms with van der Waals surface area (Å²) >= 11 is 0. The monoisotopic (exact) mass is 356 g/mol. The lowest BCUT2D eigenvalue weighted by Crippen LogP contribution is -2.38. The lowest BCUT2D eigenvalue weighted by atomic mass is 9.56. The van der Waals surface area contributed by atoms with Gasteiger partial charge in [-0.05, 0) is 80.2 Å². The predicted octanol–water partition coefficient (Wildman–Crippen LogP) is 7.50. The Hall–Kier alpha value is -0.980. The maximum atomic E-state index is 4.91. The fourth-order valence-electron chi connectivity index (χ4n) is 6.14. The highest BCUT2D eigenvalue weighted by Gasteiger charge is 2.41. The molecule has 5 fully saturated rings. The van der Waals surface area contributed by atoms with Crippen molar-refractivity contribution in [2.75, 3.05) is 7.11 Å². The smallest absolute Gasteiger partial charge is 0.118 e. The molecular formula is C25H40O. The zero-order chi connectivity index (χ0) is 18.2. The minimum absolute atomic E-state index is 0.910. The van der Waals surface area contributed by atoms with E-state index < -0.39 is 0 Å². The third-order valence-electron chi connectivity index (χ3n) is 7.28. The minimum atomic E-state index is 0.910. The molecule has 1 aromatic rings. The largest absolute Gasteiger partial charge is 0.497 e. The molecule has 1 heteroatoms. The van der Waals surface area contributed by atoms with Crippen molar-refractivity contribution in [1.82, 2.24) is 0 Å². The highest BCUT2D eigenvalue weighted by molar-refractivity contribution is 5.20. The predicted molar refractivity (Wildman–Crippen MR) is 112 cm³/mol. The van der Waals surface area contributed by atoms with E-state index in [-0.39, 0.29) is 0 Å². The van der Waals surface area contributed by atoms with Crippen LogP contribution < -0.4 is 4.74 Å². The molecule has 6 rings (SSSR count). The molecule has 5 aliphatic carbocycles. The van der Waals surface area contributed by atoms with Crippen molar-refractivity contribution in [1.29, 1.82) is 0 Å². The Balaban J connectivity index is 0.000000115. The van der Waals surface area contributed by atoms with Crippen LogP contribution in [-0.2, 0) is 0 Å². The topological polar surface area (TPSA) is 9.23 Å². The van der Waals surface area contributed by atoms with Gasteiger partial charge >= 0.3 is 0 Å². The molecule has 0 aliphatic heterocycles. The van der Waals surface area contributed by atoms with Gasteiger partial charge < -0.3 is 4.74 Å². The zero-order valence-corrected chi connectivity index (χ0v) is 17.2. The molecule has 0 amide bonds. The second-order valence-corrected chi connectivity index (χ2v) is 9.31. The maximum Gasteiger partial charge on any atom is 0.118 e. The molecule has 1 nitrogen and oxygen atoms in total. The minimum Gasteiger partial charge on any atom is -0.497 e. The summed E-state index contributed by atoms with van der Waals surface area (Å²) in [5.74, 6) is 6.70. The fourth-order valence-corrected chi connectivity index (χ4v) is 6.14. The van der Waals surface area contributed by atoms with Gasteiger partial charge in [-0.3, -0.25) is 0 Å². The average molecular weight is 357 g/mol. The van der Waals surface area contributed by atoms with E-state index in [4.69, 9.17) is 4.74 Å². The van der Waals surface area contributed by atoms with Crippen molar-refractivity contribution in [3.63, 3.8) is 0 Å². The van der Waals surface area contributed by atoms with Crippen molar-refractivity contribution in [3.8, 4) is 5.75 Å². The summed E-state index contributed by atoms with van der Waals surface area (Å²) < 4.78 is 4.91. The van der Waals surface area contributed by atoms with Crippen LogP contribution in [0, 0.1) is 29.6 Å². The molecule has 26 heavy (non-hydrogen) atoms. The van der Waals surface area contributed by atoms with E-state index in [0.717, 1.165) is 11.7 Å². The van der Waals surface area contributed by atoms with Gasteiger partial charge in [-0.25, -0.2) is 0 Å². The molecule has 4 bridgehead atoms. The van der Waals surface area contributed by atoms with E-state index in [0.29, 0.717) is 0 Å². The van der Waals surface area contributed by atoms with E-state index in [1.54, 1.807) is 45.6 Å². The zero-order valence-electron chi connectivity index (χ0n) is 17.2. The normalized spacial score (nSPS) is 32.1. The maximum absolute atomic E-state index is 4.91. The van der Waals surface area contributed by atoms with E-state index in [2.05, 4.69) is 6.92 Å². The van der Waals surface area contributed by atoms with Crippen LogP contribution in [0.2, 0.25) is 0 Å². The fraction of sp³-hybridized carbons (Fsp3) is 0.760. The molecule has 5 aliphatic rings. The molecule has 0 N–H and O–H groups in total. The van der Waals surface area contributed by atoms with Crippen LogP contribution in [0.3, 0.4) is 0 Å². The van der Waals surface area contributed by atoms with Crippen molar-refractivity contribution < 1.29 is 4.74 Å². The first kappa shape index (κ1) is 19.8. The first-order valence-corrected chi connectivity index (χ1v) is 11.4. The quantitative estimate of drug-likeness (QED) is 0.533. The first-order chi connectivity index (χ1) is 12.8. The standard InChI is InChI=1S/C10H16.C8H16.C7H8O/c1-7-2-9-4-8(1)5-10(3-7)6-9;1-2-8-6-4-3-5-7-8;1-8-7-5-3-2-4-6-7/h7-10H,1-6H2;8H,2-7H2,1H3;2-6H,1H3. The van der Waals surface area contributed by atoms with E-state index in [9.17, 15) is 0 Å². The Morgan fingerprint density at radius 3 is 1.50 bits per heavy atom. The second-order valence-electron chi connectivity index (χ2n) is 9.31. The van der Waals surface area contributed by atoms with E-state index in [1.807, 2.05) is 30.3 Å². The number of para-hydroxylation sites is 1. The first-order valence-electron chi connectivity index (χ1n) is 11.4. The van der Waals surface area contributed by atoms with Gasteiger partial charge in [0.05, 0.1) is 7.11 Å². The Morgan fingerprint density at radius 2 is 1.19 bits per heavy atom. The van der Waals surface area contributed by atoms with Crippen LogP contribution in [0.5, 0.6) is 5.75 Å². The second kappa shape index (κ2) is 10.4. The summed E-state index contributed by atoms with van der Waals surface area (Å²) in [5, 5.41) is 0. The van der Waals surface area contributed by atoms with Crippen molar-refractivity contribution in [2.24, 2.45) is 29.6 Å². The summed E-state index contributed by atoms with van der Waals surface area (Å²) in [6.07, 6.45) is 18.6. The van der Waals surface area contributed by atoms with Gasteiger partial charge in [0.2, 0.25) is 0 Å². The number of hydrogen-bond donors (Lipinski definition) is 0. The molecule has 1 aromatic carbocycles. The van der Waals surface area contributed by atoms with Crippen molar-refractivity contribution in [2.45, 2.75) is 84.0 Å². The summed E-state index contributed by atoms with van der Waals surface area (Å²) in [6.45, 7) is 2.32. The number of methoxy groups -OCH3 is 1. The third-order valence-corrected chi connectivity index (χ3v) is 7.28. The van der Waals surface area contributed by atoms with Gasteiger partial charge in [0.25, 0.3) is 0 Å².